The molecule has 1 amide bonds. The lowest BCUT2D eigenvalue weighted by Gasteiger charge is -2.14. The predicted octanol–water partition coefficient (Wildman–Crippen LogP) is 2.57. The van der Waals surface area contributed by atoms with Crippen LogP contribution in [0, 0.1) is 13.8 Å². The standard InChI is InChI=1S/C15H18N2O3/c1-10-13(11(2)20-16-10)9-19-14-8-6-5-7-12(14)15(18)17(3)4/h5-8H,9H2,1-4H3. The maximum absolute atomic E-state index is 12.1. The molecule has 1 heterocycles. The molecule has 0 saturated heterocycles. The van der Waals surface area contributed by atoms with Gasteiger partial charge in [-0.05, 0) is 26.0 Å². The predicted molar refractivity (Wildman–Crippen MR) is 74.8 cm³/mol. The third kappa shape index (κ3) is 2.82. The van der Waals surface area contributed by atoms with E-state index in [4.69, 9.17) is 9.26 Å². The average Bonchev–Trinajstić information content (AvgIpc) is 2.75. The third-order valence-electron chi connectivity index (χ3n) is 3.08. The summed E-state index contributed by atoms with van der Waals surface area (Å²) in [6.07, 6.45) is 0. The molecule has 20 heavy (non-hydrogen) atoms. The molecule has 1 aromatic heterocycles. The first-order chi connectivity index (χ1) is 9.50. The molecule has 0 unspecified atom stereocenters. The summed E-state index contributed by atoms with van der Waals surface area (Å²) in [6, 6.07) is 7.20. The van der Waals surface area contributed by atoms with Crippen LogP contribution in [0.1, 0.15) is 27.4 Å². The van der Waals surface area contributed by atoms with Gasteiger partial charge in [0, 0.05) is 14.1 Å². The van der Waals surface area contributed by atoms with Crippen molar-refractivity contribution in [2.75, 3.05) is 14.1 Å². The van der Waals surface area contributed by atoms with Gasteiger partial charge in [-0.3, -0.25) is 4.79 Å². The normalized spacial score (nSPS) is 10.4. The first kappa shape index (κ1) is 14.1. The van der Waals surface area contributed by atoms with Crippen molar-refractivity contribution in [2.24, 2.45) is 0 Å². The molecule has 2 aromatic rings. The highest BCUT2D eigenvalue weighted by Crippen LogP contribution is 2.22. The summed E-state index contributed by atoms with van der Waals surface area (Å²) in [5.41, 5.74) is 2.26. The van der Waals surface area contributed by atoms with Gasteiger partial charge in [0.15, 0.2) is 0 Å². The summed E-state index contributed by atoms with van der Waals surface area (Å²) in [5.74, 6) is 1.21. The summed E-state index contributed by atoms with van der Waals surface area (Å²) >= 11 is 0. The second-order valence-corrected chi connectivity index (χ2v) is 4.79. The highest BCUT2D eigenvalue weighted by atomic mass is 16.5. The van der Waals surface area contributed by atoms with Gasteiger partial charge in [-0.25, -0.2) is 0 Å². The van der Waals surface area contributed by atoms with Crippen LogP contribution < -0.4 is 4.74 Å². The Hall–Kier alpha value is -2.30. The molecule has 5 heteroatoms. The fraction of sp³-hybridized carbons (Fsp3) is 0.333. The molecule has 0 radical (unpaired) electrons. The van der Waals surface area contributed by atoms with E-state index >= 15 is 0 Å². The second-order valence-electron chi connectivity index (χ2n) is 4.79. The Balaban J connectivity index is 2.20. The molecule has 0 N–H and O–H groups in total. The minimum absolute atomic E-state index is 0.0839. The zero-order chi connectivity index (χ0) is 14.7. The minimum atomic E-state index is -0.0839. The van der Waals surface area contributed by atoms with E-state index in [0.29, 0.717) is 17.9 Å². The molecule has 106 valence electrons. The van der Waals surface area contributed by atoms with E-state index in [0.717, 1.165) is 17.0 Å². The van der Waals surface area contributed by atoms with Crippen molar-refractivity contribution < 1.29 is 14.1 Å². The van der Waals surface area contributed by atoms with Crippen molar-refractivity contribution in [3.63, 3.8) is 0 Å². The van der Waals surface area contributed by atoms with Gasteiger partial charge in [-0.2, -0.15) is 0 Å². The number of aryl methyl sites for hydroxylation is 2. The zero-order valence-corrected chi connectivity index (χ0v) is 12.1. The molecule has 0 aliphatic heterocycles. The fourth-order valence-corrected chi connectivity index (χ4v) is 1.87. The molecule has 0 aliphatic carbocycles. The van der Waals surface area contributed by atoms with Crippen molar-refractivity contribution >= 4 is 5.91 Å². The quantitative estimate of drug-likeness (QED) is 0.859. The summed E-state index contributed by atoms with van der Waals surface area (Å²) < 4.78 is 10.9. The highest BCUT2D eigenvalue weighted by Gasteiger charge is 2.15. The maximum atomic E-state index is 12.1. The van der Waals surface area contributed by atoms with Gasteiger partial charge >= 0.3 is 0 Å². The van der Waals surface area contributed by atoms with Gasteiger partial charge < -0.3 is 14.2 Å². The molecule has 0 atom stereocenters. The SMILES string of the molecule is Cc1noc(C)c1COc1ccccc1C(=O)N(C)C. The Labute approximate surface area is 118 Å². The van der Waals surface area contributed by atoms with Crippen LogP contribution in [-0.2, 0) is 6.61 Å². The molecular weight excluding hydrogens is 256 g/mol. The van der Waals surface area contributed by atoms with Crippen molar-refractivity contribution in [3.05, 3.63) is 46.8 Å². The van der Waals surface area contributed by atoms with E-state index in [1.54, 1.807) is 26.2 Å². The summed E-state index contributed by atoms with van der Waals surface area (Å²) in [5, 5.41) is 3.88. The number of hydrogen-bond acceptors (Lipinski definition) is 4. The third-order valence-corrected chi connectivity index (χ3v) is 3.08. The first-order valence-corrected chi connectivity index (χ1v) is 6.36. The molecule has 1 aromatic carbocycles. The van der Waals surface area contributed by atoms with Crippen LogP contribution in [-0.4, -0.2) is 30.1 Å². The van der Waals surface area contributed by atoms with Gasteiger partial charge in [0.1, 0.15) is 18.1 Å². The molecule has 0 spiro atoms. The van der Waals surface area contributed by atoms with Crippen LogP contribution in [0.5, 0.6) is 5.75 Å². The zero-order valence-electron chi connectivity index (χ0n) is 12.1. The van der Waals surface area contributed by atoms with Crippen molar-refractivity contribution in [3.8, 4) is 5.75 Å². The van der Waals surface area contributed by atoms with Gasteiger partial charge in [-0.15, -0.1) is 0 Å². The fourth-order valence-electron chi connectivity index (χ4n) is 1.87. The monoisotopic (exact) mass is 274 g/mol. The Bertz CT molecular complexity index is 598. The summed E-state index contributed by atoms with van der Waals surface area (Å²) in [4.78, 5) is 13.6. The number of para-hydroxylation sites is 1. The number of rotatable bonds is 4. The Morgan fingerprint density at radius 2 is 2.00 bits per heavy atom. The van der Waals surface area contributed by atoms with Crippen LogP contribution in [0.3, 0.4) is 0 Å². The van der Waals surface area contributed by atoms with E-state index < -0.39 is 0 Å². The van der Waals surface area contributed by atoms with Crippen LogP contribution in [0.25, 0.3) is 0 Å². The smallest absolute Gasteiger partial charge is 0.257 e. The molecule has 5 nitrogen and oxygen atoms in total. The van der Waals surface area contributed by atoms with Gasteiger partial charge in [0.05, 0.1) is 16.8 Å². The summed E-state index contributed by atoms with van der Waals surface area (Å²) in [6.45, 7) is 4.04. The first-order valence-electron chi connectivity index (χ1n) is 6.36. The Morgan fingerprint density at radius 3 is 2.60 bits per heavy atom. The van der Waals surface area contributed by atoms with Crippen molar-refractivity contribution in [2.45, 2.75) is 20.5 Å². The van der Waals surface area contributed by atoms with Crippen LogP contribution in [0.2, 0.25) is 0 Å². The molecule has 2 rings (SSSR count). The lowest BCUT2D eigenvalue weighted by Crippen LogP contribution is -2.22. The molecule has 0 bridgehead atoms. The number of amides is 1. The van der Waals surface area contributed by atoms with Crippen molar-refractivity contribution in [1.29, 1.82) is 0 Å². The van der Waals surface area contributed by atoms with E-state index in [2.05, 4.69) is 5.16 Å². The summed E-state index contributed by atoms with van der Waals surface area (Å²) in [7, 11) is 3.43. The van der Waals surface area contributed by atoms with Crippen LogP contribution in [0.4, 0.5) is 0 Å². The number of benzene rings is 1. The van der Waals surface area contributed by atoms with Crippen LogP contribution >= 0.6 is 0 Å². The number of carbonyl (C=O) groups excluding carboxylic acids is 1. The van der Waals surface area contributed by atoms with Gasteiger partial charge in [0.2, 0.25) is 0 Å². The minimum Gasteiger partial charge on any atom is -0.488 e. The lowest BCUT2D eigenvalue weighted by atomic mass is 10.1. The van der Waals surface area contributed by atoms with E-state index in [1.165, 1.54) is 4.90 Å². The van der Waals surface area contributed by atoms with Gasteiger partial charge in [-0.1, -0.05) is 17.3 Å². The highest BCUT2D eigenvalue weighted by molar-refractivity contribution is 5.96. The molecule has 0 saturated carbocycles. The molecular formula is C15H18N2O3. The number of aromatic nitrogens is 1. The Morgan fingerprint density at radius 1 is 1.30 bits per heavy atom. The lowest BCUT2D eigenvalue weighted by molar-refractivity contribution is 0.0822. The van der Waals surface area contributed by atoms with E-state index in [-0.39, 0.29) is 5.91 Å². The molecule has 0 aliphatic rings. The largest absolute Gasteiger partial charge is 0.488 e. The number of ether oxygens (including phenoxy) is 1. The second kappa shape index (κ2) is 5.77. The Kier molecular flexibility index (Phi) is 4.08. The van der Waals surface area contributed by atoms with E-state index in [1.807, 2.05) is 26.0 Å². The number of carbonyl (C=O) groups is 1. The van der Waals surface area contributed by atoms with Crippen molar-refractivity contribution in [1.82, 2.24) is 10.1 Å². The number of nitrogens with zero attached hydrogens (tertiary/aromatic N) is 2. The maximum Gasteiger partial charge on any atom is 0.257 e. The number of hydrogen-bond donors (Lipinski definition) is 0. The molecule has 0 fully saturated rings. The van der Waals surface area contributed by atoms with Crippen LogP contribution in [0.15, 0.2) is 28.8 Å². The average molecular weight is 274 g/mol. The van der Waals surface area contributed by atoms with E-state index in [9.17, 15) is 4.79 Å². The topological polar surface area (TPSA) is 55.6 Å². The van der Waals surface area contributed by atoms with Gasteiger partial charge in [0.25, 0.3) is 5.91 Å².